The SMILES string of the molecule is N[C@@H](Cc1ccc(CNC2=NCCN2)cc1)C(=O)O. The summed E-state index contributed by atoms with van der Waals surface area (Å²) in [6, 6.07) is 6.90. The number of aliphatic carboxylic acids is 1. The highest BCUT2D eigenvalue weighted by atomic mass is 16.4. The van der Waals surface area contributed by atoms with Crippen LogP contribution in [-0.2, 0) is 17.8 Å². The van der Waals surface area contributed by atoms with Crippen LogP contribution in [0.1, 0.15) is 11.1 Å². The lowest BCUT2D eigenvalue weighted by molar-refractivity contribution is -0.138. The van der Waals surface area contributed by atoms with Gasteiger partial charge < -0.3 is 21.5 Å². The van der Waals surface area contributed by atoms with E-state index in [2.05, 4.69) is 15.6 Å². The van der Waals surface area contributed by atoms with E-state index in [-0.39, 0.29) is 0 Å². The van der Waals surface area contributed by atoms with Crippen LogP contribution in [-0.4, -0.2) is 36.2 Å². The van der Waals surface area contributed by atoms with E-state index in [1.807, 2.05) is 24.3 Å². The number of carboxylic acid groups (broad SMARTS) is 1. The molecule has 1 heterocycles. The number of benzene rings is 1. The number of nitrogens with one attached hydrogen (secondary N) is 2. The number of carbonyl (C=O) groups is 1. The first-order valence-corrected chi connectivity index (χ1v) is 6.23. The van der Waals surface area contributed by atoms with Crippen molar-refractivity contribution in [3.05, 3.63) is 35.4 Å². The van der Waals surface area contributed by atoms with Gasteiger partial charge in [-0.15, -0.1) is 0 Å². The molecule has 0 radical (unpaired) electrons. The number of rotatable bonds is 5. The molecular weight excluding hydrogens is 244 g/mol. The van der Waals surface area contributed by atoms with E-state index in [9.17, 15) is 4.79 Å². The van der Waals surface area contributed by atoms with Crippen molar-refractivity contribution < 1.29 is 9.90 Å². The van der Waals surface area contributed by atoms with Crippen LogP contribution in [0.2, 0.25) is 0 Å². The molecule has 2 rings (SSSR count). The summed E-state index contributed by atoms with van der Waals surface area (Å²) in [6.45, 7) is 2.39. The molecule has 0 fully saturated rings. The van der Waals surface area contributed by atoms with E-state index in [4.69, 9.17) is 10.8 Å². The van der Waals surface area contributed by atoms with Crippen LogP contribution >= 0.6 is 0 Å². The maximum atomic E-state index is 10.7. The standard InChI is InChI=1S/C13H18N4O2/c14-11(12(18)19)7-9-1-3-10(4-2-9)8-17-13-15-5-6-16-13/h1-4,11H,5-8,14H2,(H,18,19)(H2,15,16,17)/t11-/m0/s1. The summed E-state index contributed by atoms with van der Waals surface area (Å²) in [5.74, 6) is -0.145. The molecule has 0 amide bonds. The Balaban J connectivity index is 1.85. The smallest absolute Gasteiger partial charge is 0.320 e. The van der Waals surface area contributed by atoms with Gasteiger partial charge in [0, 0.05) is 13.1 Å². The molecule has 0 unspecified atom stereocenters. The van der Waals surface area contributed by atoms with Gasteiger partial charge in [-0.05, 0) is 17.5 Å². The Hall–Kier alpha value is -2.08. The molecule has 0 saturated carbocycles. The summed E-state index contributed by atoms with van der Waals surface area (Å²) in [5.41, 5.74) is 7.53. The number of carboxylic acids is 1. The van der Waals surface area contributed by atoms with Crippen LogP contribution in [0.5, 0.6) is 0 Å². The molecule has 1 aromatic rings. The zero-order valence-electron chi connectivity index (χ0n) is 10.6. The summed E-state index contributed by atoms with van der Waals surface area (Å²) < 4.78 is 0. The van der Waals surface area contributed by atoms with Gasteiger partial charge in [0.05, 0.1) is 6.54 Å². The Labute approximate surface area is 111 Å². The molecule has 1 aliphatic heterocycles. The molecule has 6 nitrogen and oxygen atoms in total. The quantitative estimate of drug-likeness (QED) is 0.583. The van der Waals surface area contributed by atoms with Crippen molar-refractivity contribution in [3.8, 4) is 0 Å². The third-order valence-electron chi connectivity index (χ3n) is 2.93. The monoisotopic (exact) mass is 262 g/mol. The van der Waals surface area contributed by atoms with Gasteiger partial charge in [0.25, 0.3) is 0 Å². The first kappa shape index (κ1) is 13.4. The van der Waals surface area contributed by atoms with Crippen molar-refractivity contribution in [2.24, 2.45) is 10.7 Å². The Bertz CT molecular complexity index is 470. The summed E-state index contributed by atoms with van der Waals surface area (Å²) in [5, 5.41) is 15.1. The van der Waals surface area contributed by atoms with E-state index in [0.717, 1.165) is 30.2 Å². The second kappa shape index (κ2) is 6.19. The van der Waals surface area contributed by atoms with Crippen LogP contribution in [0, 0.1) is 0 Å². The fourth-order valence-corrected chi connectivity index (χ4v) is 1.84. The molecule has 1 aromatic carbocycles. The minimum Gasteiger partial charge on any atom is -0.480 e. The highest BCUT2D eigenvalue weighted by Crippen LogP contribution is 2.06. The van der Waals surface area contributed by atoms with Crippen LogP contribution in [0.15, 0.2) is 29.3 Å². The molecular formula is C13H18N4O2. The second-order valence-corrected chi connectivity index (χ2v) is 4.48. The van der Waals surface area contributed by atoms with E-state index in [0.29, 0.717) is 13.0 Å². The highest BCUT2D eigenvalue weighted by Gasteiger charge is 2.11. The Kier molecular flexibility index (Phi) is 4.35. The number of hydrogen-bond donors (Lipinski definition) is 4. The van der Waals surface area contributed by atoms with Gasteiger partial charge in [-0.25, -0.2) is 0 Å². The van der Waals surface area contributed by atoms with Crippen molar-refractivity contribution >= 4 is 11.9 Å². The number of aliphatic imine (C=N–C) groups is 1. The van der Waals surface area contributed by atoms with Crippen molar-refractivity contribution in [1.82, 2.24) is 10.6 Å². The third kappa shape index (κ3) is 3.96. The maximum Gasteiger partial charge on any atom is 0.320 e. The topological polar surface area (TPSA) is 99.7 Å². The van der Waals surface area contributed by atoms with E-state index in [1.165, 1.54) is 0 Å². The van der Waals surface area contributed by atoms with E-state index in [1.54, 1.807) is 0 Å². The van der Waals surface area contributed by atoms with Crippen molar-refractivity contribution in [2.45, 2.75) is 19.0 Å². The molecule has 0 saturated heterocycles. The lowest BCUT2D eigenvalue weighted by Crippen LogP contribution is -2.33. The molecule has 0 spiro atoms. The van der Waals surface area contributed by atoms with E-state index >= 15 is 0 Å². The normalized spacial score (nSPS) is 15.5. The van der Waals surface area contributed by atoms with Gasteiger partial charge in [-0.1, -0.05) is 24.3 Å². The van der Waals surface area contributed by atoms with Crippen LogP contribution in [0.3, 0.4) is 0 Å². The first-order chi connectivity index (χ1) is 9.15. The lowest BCUT2D eigenvalue weighted by atomic mass is 10.0. The first-order valence-electron chi connectivity index (χ1n) is 6.23. The van der Waals surface area contributed by atoms with Gasteiger partial charge in [0.1, 0.15) is 6.04 Å². The second-order valence-electron chi connectivity index (χ2n) is 4.48. The number of nitrogens with zero attached hydrogens (tertiary/aromatic N) is 1. The molecule has 102 valence electrons. The van der Waals surface area contributed by atoms with Gasteiger partial charge in [-0.2, -0.15) is 0 Å². The van der Waals surface area contributed by atoms with Crippen molar-refractivity contribution in [2.75, 3.05) is 13.1 Å². The van der Waals surface area contributed by atoms with Crippen LogP contribution in [0.4, 0.5) is 0 Å². The summed E-state index contributed by atoms with van der Waals surface area (Å²) in [6.07, 6.45) is 0.345. The minimum atomic E-state index is -0.976. The summed E-state index contributed by atoms with van der Waals surface area (Å²) in [7, 11) is 0. The van der Waals surface area contributed by atoms with Crippen molar-refractivity contribution in [3.63, 3.8) is 0 Å². The predicted molar refractivity (Wildman–Crippen MR) is 72.9 cm³/mol. The minimum absolute atomic E-state index is 0.345. The van der Waals surface area contributed by atoms with Crippen molar-refractivity contribution in [1.29, 1.82) is 0 Å². The largest absolute Gasteiger partial charge is 0.480 e. The zero-order valence-corrected chi connectivity index (χ0v) is 10.6. The molecule has 0 aliphatic carbocycles. The average Bonchev–Trinajstić information content (AvgIpc) is 2.91. The molecule has 1 atom stereocenters. The molecule has 0 aromatic heterocycles. The Morgan fingerprint density at radius 2 is 2.11 bits per heavy atom. The van der Waals surface area contributed by atoms with Gasteiger partial charge >= 0.3 is 5.97 Å². The highest BCUT2D eigenvalue weighted by molar-refractivity contribution is 5.81. The summed E-state index contributed by atoms with van der Waals surface area (Å²) >= 11 is 0. The van der Waals surface area contributed by atoms with Gasteiger partial charge in [-0.3, -0.25) is 9.79 Å². The number of hydrogen-bond acceptors (Lipinski definition) is 5. The maximum absolute atomic E-state index is 10.7. The Morgan fingerprint density at radius 1 is 1.42 bits per heavy atom. The molecule has 5 N–H and O–H groups in total. The fraction of sp³-hybridized carbons (Fsp3) is 0.385. The average molecular weight is 262 g/mol. The predicted octanol–water partition coefficient (Wildman–Crippen LogP) is -0.310. The fourth-order valence-electron chi connectivity index (χ4n) is 1.84. The number of guanidine groups is 1. The van der Waals surface area contributed by atoms with E-state index < -0.39 is 12.0 Å². The number of nitrogens with two attached hydrogens (primary N) is 1. The molecule has 1 aliphatic rings. The van der Waals surface area contributed by atoms with Gasteiger partial charge in [0.15, 0.2) is 5.96 Å². The summed E-state index contributed by atoms with van der Waals surface area (Å²) in [4.78, 5) is 14.9. The Morgan fingerprint density at radius 3 is 2.68 bits per heavy atom. The zero-order chi connectivity index (χ0) is 13.7. The van der Waals surface area contributed by atoms with Gasteiger partial charge in [0.2, 0.25) is 0 Å². The van der Waals surface area contributed by atoms with Crippen LogP contribution in [0.25, 0.3) is 0 Å². The molecule has 19 heavy (non-hydrogen) atoms. The molecule has 6 heteroatoms. The lowest BCUT2D eigenvalue weighted by Gasteiger charge is -2.09. The van der Waals surface area contributed by atoms with Crippen LogP contribution < -0.4 is 16.4 Å². The third-order valence-corrected chi connectivity index (χ3v) is 2.93. The molecule has 0 bridgehead atoms.